The van der Waals surface area contributed by atoms with E-state index in [1.54, 1.807) is 61.5 Å². The molecule has 2 amide bonds. The third-order valence-corrected chi connectivity index (χ3v) is 9.12. The predicted molar refractivity (Wildman–Crippen MR) is 168 cm³/mol. The first kappa shape index (κ1) is 33.2. The van der Waals surface area contributed by atoms with Gasteiger partial charge in [0.25, 0.3) is 10.0 Å². The lowest BCUT2D eigenvalue weighted by Gasteiger charge is -2.33. The molecule has 0 aromatic heterocycles. The van der Waals surface area contributed by atoms with Gasteiger partial charge in [-0.2, -0.15) is 0 Å². The van der Waals surface area contributed by atoms with Crippen LogP contribution in [0, 0.1) is 6.92 Å². The van der Waals surface area contributed by atoms with Crippen LogP contribution in [0.1, 0.15) is 44.7 Å². The largest absolute Gasteiger partial charge is 0.494 e. The fourth-order valence-corrected chi connectivity index (χ4v) is 6.10. The van der Waals surface area contributed by atoms with Crippen molar-refractivity contribution in [3.8, 4) is 5.75 Å². The second-order valence-electron chi connectivity index (χ2n) is 9.74. The van der Waals surface area contributed by atoms with Crippen LogP contribution in [-0.4, -0.2) is 50.9 Å². The topological polar surface area (TPSA) is 96.0 Å². The maximum atomic E-state index is 14.1. The molecule has 1 N–H and O–H groups in total. The Morgan fingerprint density at radius 2 is 1.60 bits per heavy atom. The second-order valence-corrected chi connectivity index (χ2v) is 12.4. The van der Waals surface area contributed by atoms with Gasteiger partial charge in [-0.3, -0.25) is 13.9 Å². The summed E-state index contributed by atoms with van der Waals surface area (Å²) in [5, 5.41) is 3.53. The molecule has 1 atom stereocenters. The monoisotopic (exact) mass is 633 g/mol. The quantitative estimate of drug-likeness (QED) is 0.227. The number of anilines is 1. The van der Waals surface area contributed by atoms with Crippen molar-refractivity contribution in [3.05, 3.63) is 87.9 Å². The van der Waals surface area contributed by atoms with Crippen molar-refractivity contribution in [2.75, 3.05) is 24.0 Å². The van der Waals surface area contributed by atoms with Crippen LogP contribution in [-0.2, 0) is 26.2 Å². The van der Waals surface area contributed by atoms with Crippen LogP contribution < -0.4 is 14.4 Å². The predicted octanol–water partition coefficient (Wildman–Crippen LogP) is 6.23. The molecule has 0 heterocycles. The normalized spacial score (nSPS) is 12.0. The number of aryl methyl sites for hydroxylation is 1. The van der Waals surface area contributed by atoms with Crippen molar-refractivity contribution < 1.29 is 22.7 Å². The van der Waals surface area contributed by atoms with Crippen molar-refractivity contribution in [1.82, 2.24) is 10.2 Å². The minimum atomic E-state index is -4.19. The molecule has 8 nitrogen and oxygen atoms in total. The summed E-state index contributed by atoms with van der Waals surface area (Å²) in [6.07, 6.45) is 1.04. The van der Waals surface area contributed by atoms with E-state index in [1.807, 2.05) is 20.8 Å². The summed E-state index contributed by atoms with van der Waals surface area (Å²) < 4.78 is 34.5. The second kappa shape index (κ2) is 15.3. The SMILES string of the molecule is CCCNC(=O)[C@H](CC)N(Cc1ccc(Cl)c(Cl)c1)C(=O)CN(c1ccc(C)cc1)S(=O)(=O)c1ccc(OCC)cc1. The Hall–Kier alpha value is -3.27. The molecule has 226 valence electrons. The highest BCUT2D eigenvalue weighted by Crippen LogP contribution is 2.28. The lowest BCUT2D eigenvalue weighted by Crippen LogP contribution is -2.52. The van der Waals surface area contributed by atoms with Gasteiger partial charge >= 0.3 is 0 Å². The molecule has 3 aromatic carbocycles. The average molecular weight is 635 g/mol. The highest BCUT2D eigenvalue weighted by molar-refractivity contribution is 7.92. The molecular weight excluding hydrogens is 597 g/mol. The van der Waals surface area contributed by atoms with E-state index in [9.17, 15) is 18.0 Å². The molecule has 0 saturated carbocycles. The van der Waals surface area contributed by atoms with Gasteiger partial charge in [-0.1, -0.05) is 60.8 Å². The van der Waals surface area contributed by atoms with Crippen LogP contribution >= 0.6 is 23.2 Å². The Bertz CT molecular complexity index is 1460. The number of carbonyl (C=O) groups is 2. The molecule has 3 aromatic rings. The highest BCUT2D eigenvalue weighted by Gasteiger charge is 2.33. The Kier molecular flexibility index (Phi) is 12.1. The molecule has 0 aliphatic rings. The number of nitrogens with zero attached hydrogens (tertiary/aromatic N) is 2. The van der Waals surface area contributed by atoms with E-state index < -0.39 is 28.5 Å². The Labute approximate surface area is 258 Å². The van der Waals surface area contributed by atoms with E-state index in [2.05, 4.69) is 5.32 Å². The molecule has 42 heavy (non-hydrogen) atoms. The molecule has 0 unspecified atom stereocenters. The highest BCUT2D eigenvalue weighted by atomic mass is 35.5. The summed E-state index contributed by atoms with van der Waals surface area (Å²) in [6.45, 7) is 7.85. The molecule has 0 radical (unpaired) electrons. The third kappa shape index (κ3) is 8.40. The first-order chi connectivity index (χ1) is 20.0. The smallest absolute Gasteiger partial charge is 0.264 e. The van der Waals surface area contributed by atoms with E-state index in [0.29, 0.717) is 46.6 Å². The Morgan fingerprint density at radius 3 is 2.17 bits per heavy atom. The summed E-state index contributed by atoms with van der Waals surface area (Å²) >= 11 is 12.3. The average Bonchev–Trinajstić information content (AvgIpc) is 2.97. The standard InChI is InChI=1S/C31H37Cl2N3O5S/c1-5-18-34-31(38)29(6-2)35(20-23-10-17-27(32)28(33)19-23)30(37)21-36(24-11-8-22(4)9-12-24)42(39,40)26-15-13-25(14-16-26)41-7-3/h8-17,19,29H,5-7,18,20-21H2,1-4H3,(H,34,38)/t29-/m0/s1. The van der Waals surface area contributed by atoms with Crippen LogP contribution in [0.2, 0.25) is 10.0 Å². The first-order valence-corrected chi connectivity index (χ1v) is 16.0. The van der Waals surface area contributed by atoms with Crippen molar-refractivity contribution in [2.45, 2.75) is 58.0 Å². The summed E-state index contributed by atoms with van der Waals surface area (Å²) in [7, 11) is -4.19. The van der Waals surface area contributed by atoms with E-state index in [0.717, 1.165) is 16.3 Å². The number of sulfonamides is 1. The number of amides is 2. The summed E-state index contributed by atoms with van der Waals surface area (Å²) in [6, 6.07) is 17.1. The van der Waals surface area contributed by atoms with E-state index >= 15 is 0 Å². The zero-order valence-electron chi connectivity index (χ0n) is 24.3. The Balaban J connectivity index is 2.05. The molecule has 11 heteroatoms. The zero-order chi connectivity index (χ0) is 30.9. The lowest BCUT2D eigenvalue weighted by molar-refractivity contribution is -0.140. The Morgan fingerprint density at radius 1 is 0.929 bits per heavy atom. The van der Waals surface area contributed by atoms with Crippen molar-refractivity contribution >= 4 is 50.7 Å². The maximum absolute atomic E-state index is 14.1. The van der Waals surface area contributed by atoms with Gasteiger partial charge in [-0.15, -0.1) is 0 Å². The number of nitrogens with one attached hydrogen (secondary N) is 1. The van der Waals surface area contributed by atoms with Crippen molar-refractivity contribution in [1.29, 1.82) is 0 Å². The van der Waals surface area contributed by atoms with Crippen LogP contribution in [0.15, 0.2) is 71.6 Å². The van der Waals surface area contributed by atoms with E-state index in [-0.39, 0.29) is 17.3 Å². The number of hydrogen-bond acceptors (Lipinski definition) is 5. The number of rotatable bonds is 14. The summed E-state index contributed by atoms with van der Waals surface area (Å²) in [4.78, 5) is 28.7. The lowest BCUT2D eigenvalue weighted by atomic mass is 10.1. The molecule has 0 bridgehead atoms. The molecule has 0 fully saturated rings. The molecule has 0 aliphatic heterocycles. The van der Waals surface area contributed by atoms with Gasteiger partial charge in [0.1, 0.15) is 18.3 Å². The first-order valence-electron chi connectivity index (χ1n) is 13.8. The van der Waals surface area contributed by atoms with Crippen LogP contribution in [0.5, 0.6) is 5.75 Å². The minimum absolute atomic E-state index is 0.00286. The van der Waals surface area contributed by atoms with Crippen LogP contribution in [0.4, 0.5) is 5.69 Å². The maximum Gasteiger partial charge on any atom is 0.264 e. The van der Waals surface area contributed by atoms with Gasteiger partial charge in [0.15, 0.2) is 0 Å². The van der Waals surface area contributed by atoms with Gasteiger partial charge < -0.3 is 15.0 Å². The van der Waals surface area contributed by atoms with Crippen LogP contribution in [0.3, 0.4) is 0 Å². The molecule has 0 spiro atoms. The van der Waals surface area contributed by atoms with E-state index in [4.69, 9.17) is 27.9 Å². The molecular formula is C31H37Cl2N3O5S. The van der Waals surface area contributed by atoms with E-state index in [1.165, 1.54) is 17.0 Å². The molecule has 3 rings (SSSR count). The number of carbonyl (C=O) groups excluding carboxylic acids is 2. The van der Waals surface area contributed by atoms with Gasteiger partial charge in [0.05, 0.1) is 27.2 Å². The molecule has 0 saturated heterocycles. The summed E-state index contributed by atoms with van der Waals surface area (Å²) in [5.41, 5.74) is 1.90. The third-order valence-electron chi connectivity index (χ3n) is 6.60. The van der Waals surface area contributed by atoms with Gasteiger partial charge in [0, 0.05) is 13.1 Å². The zero-order valence-corrected chi connectivity index (χ0v) is 26.6. The minimum Gasteiger partial charge on any atom is -0.494 e. The van der Waals surface area contributed by atoms with Crippen molar-refractivity contribution in [2.24, 2.45) is 0 Å². The van der Waals surface area contributed by atoms with Gasteiger partial charge in [-0.25, -0.2) is 8.42 Å². The number of benzene rings is 3. The fraction of sp³-hybridized carbons (Fsp3) is 0.355. The number of hydrogen-bond donors (Lipinski definition) is 1. The summed E-state index contributed by atoms with van der Waals surface area (Å²) in [5.74, 6) is -0.329. The molecule has 0 aliphatic carbocycles. The van der Waals surface area contributed by atoms with Crippen LogP contribution in [0.25, 0.3) is 0 Å². The number of ether oxygens (including phenoxy) is 1. The van der Waals surface area contributed by atoms with Gasteiger partial charge in [-0.05, 0) is 80.8 Å². The fourth-order valence-electron chi connectivity index (χ4n) is 4.36. The van der Waals surface area contributed by atoms with Crippen molar-refractivity contribution in [3.63, 3.8) is 0 Å². The van der Waals surface area contributed by atoms with Gasteiger partial charge in [0.2, 0.25) is 11.8 Å². The number of halogens is 2.